The van der Waals surface area contributed by atoms with Gasteiger partial charge in [0.2, 0.25) is 5.76 Å². The van der Waals surface area contributed by atoms with E-state index in [-0.39, 0.29) is 24.4 Å². The van der Waals surface area contributed by atoms with Crippen molar-refractivity contribution in [2.75, 3.05) is 19.8 Å². The van der Waals surface area contributed by atoms with E-state index >= 15 is 0 Å². The summed E-state index contributed by atoms with van der Waals surface area (Å²) in [5.41, 5.74) is 0.532. The minimum absolute atomic E-state index is 0.0363. The first-order valence-corrected chi connectivity index (χ1v) is 7.74. The van der Waals surface area contributed by atoms with Gasteiger partial charge in [-0.25, -0.2) is 4.79 Å². The molecule has 6 nitrogen and oxygen atoms in total. The Labute approximate surface area is 137 Å². The maximum atomic E-state index is 11.9. The monoisotopic (exact) mass is 337 g/mol. The molecule has 1 aliphatic rings. The number of furan rings is 1. The molecule has 0 aliphatic carbocycles. The number of ether oxygens (including phenoxy) is 2. The summed E-state index contributed by atoms with van der Waals surface area (Å²) in [6, 6.07) is 6.56. The quantitative estimate of drug-likeness (QED) is 0.848. The molecule has 1 amide bonds. The first-order valence-electron chi connectivity index (χ1n) is 7.36. The van der Waals surface area contributed by atoms with Crippen molar-refractivity contribution in [1.29, 1.82) is 0 Å². The van der Waals surface area contributed by atoms with E-state index in [1.54, 1.807) is 18.2 Å². The lowest BCUT2D eigenvalue weighted by Crippen LogP contribution is -2.34. The zero-order valence-corrected chi connectivity index (χ0v) is 13.1. The molecular formula is C16H16ClNO5. The molecule has 2 heterocycles. The Kier molecular flexibility index (Phi) is 4.83. The van der Waals surface area contributed by atoms with Crippen LogP contribution in [0, 0.1) is 0 Å². The molecule has 1 saturated heterocycles. The van der Waals surface area contributed by atoms with Crippen LogP contribution in [0.5, 0.6) is 0 Å². The number of benzene rings is 1. The molecule has 1 aliphatic heterocycles. The first kappa shape index (κ1) is 15.8. The fourth-order valence-corrected chi connectivity index (χ4v) is 2.58. The van der Waals surface area contributed by atoms with E-state index in [0.717, 1.165) is 19.4 Å². The Bertz CT molecular complexity index is 720. The van der Waals surface area contributed by atoms with Crippen LogP contribution in [0.1, 0.15) is 23.4 Å². The average molecular weight is 338 g/mol. The Morgan fingerprint density at radius 3 is 3.00 bits per heavy atom. The summed E-state index contributed by atoms with van der Waals surface area (Å²) >= 11 is 5.88. The molecule has 0 unspecified atom stereocenters. The van der Waals surface area contributed by atoms with Gasteiger partial charge in [0.25, 0.3) is 5.91 Å². The van der Waals surface area contributed by atoms with E-state index < -0.39 is 5.97 Å². The van der Waals surface area contributed by atoms with Gasteiger partial charge in [0, 0.05) is 23.6 Å². The molecule has 1 atom stereocenters. The van der Waals surface area contributed by atoms with Crippen molar-refractivity contribution in [1.82, 2.24) is 5.32 Å². The van der Waals surface area contributed by atoms with Gasteiger partial charge in [-0.1, -0.05) is 11.6 Å². The van der Waals surface area contributed by atoms with Gasteiger partial charge in [-0.05, 0) is 37.1 Å². The highest BCUT2D eigenvalue weighted by atomic mass is 35.5. The van der Waals surface area contributed by atoms with Crippen LogP contribution < -0.4 is 5.32 Å². The first-order chi connectivity index (χ1) is 11.1. The summed E-state index contributed by atoms with van der Waals surface area (Å²) in [6.07, 6.45) is 1.99. The minimum Gasteiger partial charge on any atom is -0.450 e. The molecule has 1 aromatic heterocycles. The van der Waals surface area contributed by atoms with Gasteiger partial charge in [-0.3, -0.25) is 4.79 Å². The van der Waals surface area contributed by atoms with Gasteiger partial charge >= 0.3 is 5.97 Å². The largest absolute Gasteiger partial charge is 0.450 e. The number of nitrogens with one attached hydrogen (secondary N) is 1. The molecule has 0 saturated carbocycles. The van der Waals surface area contributed by atoms with Crippen LogP contribution in [0.3, 0.4) is 0 Å². The van der Waals surface area contributed by atoms with E-state index in [0.29, 0.717) is 22.5 Å². The number of carbonyl (C=O) groups is 2. The van der Waals surface area contributed by atoms with Crippen LogP contribution in [0.15, 0.2) is 28.7 Å². The molecule has 1 fully saturated rings. The average Bonchev–Trinajstić information content (AvgIpc) is 3.19. The van der Waals surface area contributed by atoms with Crippen molar-refractivity contribution in [2.45, 2.75) is 18.9 Å². The molecule has 0 radical (unpaired) electrons. The van der Waals surface area contributed by atoms with Gasteiger partial charge in [-0.15, -0.1) is 0 Å². The Balaban J connectivity index is 1.50. The van der Waals surface area contributed by atoms with Gasteiger partial charge in [0.1, 0.15) is 5.58 Å². The topological polar surface area (TPSA) is 77.8 Å². The Morgan fingerprint density at radius 2 is 2.22 bits per heavy atom. The summed E-state index contributed by atoms with van der Waals surface area (Å²) in [6.45, 7) is 0.800. The normalized spacial score (nSPS) is 17.3. The lowest BCUT2D eigenvalue weighted by molar-refractivity contribution is -0.124. The summed E-state index contributed by atoms with van der Waals surface area (Å²) in [4.78, 5) is 23.6. The highest BCUT2D eigenvalue weighted by Crippen LogP contribution is 2.23. The summed E-state index contributed by atoms with van der Waals surface area (Å²) in [7, 11) is 0. The number of hydrogen-bond donors (Lipinski definition) is 1. The number of rotatable bonds is 5. The highest BCUT2D eigenvalue weighted by molar-refractivity contribution is 6.31. The second kappa shape index (κ2) is 7.02. The molecule has 3 rings (SSSR count). The van der Waals surface area contributed by atoms with Crippen molar-refractivity contribution in [3.8, 4) is 0 Å². The van der Waals surface area contributed by atoms with Crippen LogP contribution >= 0.6 is 11.6 Å². The third kappa shape index (κ3) is 4.03. The van der Waals surface area contributed by atoms with Gasteiger partial charge in [0.15, 0.2) is 6.61 Å². The van der Waals surface area contributed by atoms with Crippen LogP contribution in [-0.2, 0) is 14.3 Å². The van der Waals surface area contributed by atoms with Gasteiger partial charge < -0.3 is 19.2 Å². The maximum Gasteiger partial charge on any atom is 0.374 e. The Hall–Kier alpha value is -2.05. The molecule has 2 aromatic rings. The molecule has 122 valence electrons. The summed E-state index contributed by atoms with van der Waals surface area (Å²) in [5.74, 6) is -1.02. The van der Waals surface area contributed by atoms with Crippen molar-refractivity contribution in [3.05, 3.63) is 35.0 Å². The standard InChI is InChI=1S/C16H16ClNO5/c17-11-3-4-13-10(6-11)7-14(23-13)16(20)22-9-15(19)18-8-12-2-1-5-21-12/h3-4,6-7,12H,1-2,5,8-9H2,(H,18,19)/t12-/m0/s1. The third-order valence-electron chi connectivity index (χ3n) is 3.56. The fourth-order valence-electron chi connectivity index (χ4n) is 2.40. The number of hydrogen-bond acceptors (Lipinski definition) is 5. The maximum absolute atomic E-state index is 11.9. The van der Waals surface area contributed by atoms with E-state index in [9.17, 15) is 9.59 Å². The predicted molar refractivity (Wildman–Crippen MR) is 83.5 cm³/mol. The zero-order valence-electron chi connectivity index (χ0n) is 12.3. The summed E-state index contributed by atoms with van der Waals surface area (Å²) < 4.78 is 15.7. The molecule has 7 heteroatoms. The zero-order chi connectivity index (χ0) is 16.2. The Morgan fingerprint density at radius 1 is 1.35 bits per heavy atom. The fraction of sp³-hybridized carbons (Fsp3) is 0.375. The van der Waals surface area contributed by atoms with Crippen LogP contribution in [0.25, 0.3) is 11.0 Å². The highest BCUT2D eigenvalue weighted by Gasteiger charge is 2.18. The number of amides is 1. The van der Waals surface area contributed by atoms with Crippen molar-refractivity contribution < 1.29 is 23.5 Å². The molecule has 0 bridgehead atoms. The molecular weight excluding hydrogens is 322 g/mol. The van der Waals surface area contributed by atoms with Crippen LogP contribution in [-0.4, -0.2) is 37.7 Å². The SMILES string of the molecule is O=C(COC(=O)c1cc2cc(Cl)ccc2o1)NC[C@@H]1CCCO1. The molecule has 0 spiro atoms. The second-order valence-electron chi connectivity index (χ2n) is 5.31. The van der Waals surface area contributed by atoms with Crippen LogP contribution in [0.4, 0.5) is 0 Å². The lowest BCUT2D eigenvalue weighted by atomic mass is 10.2. The molecule has 1 N–H and O–H groups in total. The van der Waals surface area contributed by atoms with Crippen molar-refractivity contribution >= 4 is 34.4 Å². The summed E-state index contributed by atoms with van der Waals surface area (Å²) in [5, 5.41) is 3.93. The number of esters is 1. The predicted octanol–water partition coefficient (Wildman–Crippen LogP) is 2.54. The lowest BCUT2D eigenvalue weighted by Gasteiger charge is -2.10. The van der Waals surface area contributed by atoms with Gasteiger partial charge in [-0.2, -0.15) is 0 Å². The number of carbonyl (C=O) groups excluding carboxylic acids is 2. The van der Waals surface area contributed by atoms with E-state index in [2.05, 4.69) is 5.32 Å². The smallest absolute Gasteiger partial charge is 0.374 e. The van der Waals surface area contributed by atoms with E-state index in [1.165, 1.54) is 6.07 Å². The molecule has 1 aromatic carbocycles. The van der Waals surface area contributed by atoms with Crippen molar-refractivity contribution in [3.63, 3.8) is 0 Å². The number of fused-ring (bicyclic) bond motifs is 1. The third-order valence-corrected chi connectivity index (χ3v) is 3.80. The van der Waals surface area contributed by atoms with Crippen molar-refractivity contribution in [2.24, 2.45) is 0 Å². The minimum atomic E-state index is -0.690. The van der Waals surface area contributed by atoms with E-state index in [4.69, 9.17) is 25.5 Å². The molecule has 23 heavy (non-hydrogen) atoms. The van der Waals surface area contributed by atoms with Crippen LogP contribution in [0.2, 0.25) is 5.02 Å². The second-order valence-corrected chi connectivity index (χ2v) is 5.74. The number of halogens is 1. The van der Waals surface area contributed by atoms with E-state index in [1.807, 2.05) is 0 Å². The van der Waals surface area contributed by atoms with Gasteiger partial charge in [0.05, 0.1) is 6.10 Å².